The summed E-state index contributed by atoms with van der Waals surface area (Å²) in [4.78, 5) is 17.0. The summed E-state index contributed by atoms with van der Waals surface area (Å²) in [5, 5.41) is 1.83. The molecule has 2 aromatic rings. The van der Waals surface area contributed by atoms with Gasteiger partial charge in [0.05, 0.1) is 18.3 Å². The molecule has 186 valence electrons. The summed E-state index contributed by atoms with van der Waals surface area (Å²) in [6.07, 6.45) is 0.694. The largest absolute Gasteiger partial charge is 0.573 e. The lowest BCUT2D eigenvalue weighted by Crippen LogP contribution is -2.46. The average molecular weight is 483 g/mol. The lowest BCUT2D eigenvalue weighted by molar-refractivity contribution is -0.274. The number of alkyl halides is 3. The minimum atomic E-state index is -4.77. The van der Waals surface area contributed by atoms with Crippen molar-refractivity contribution in [2.75, 3.05) is 19.7 Å². The molecule has 0 aliphatic carbocycles. The predicted octanol–water partition coefficient (Wildman–Crippen LogP) is 4.82. The first-order valence-electron chi connectivity index (χ1n) is 11.6. The van der Waals surface area contributed by atoms with Crippen LogP contribution < -0.4 is 14.9 Å². The van der Waals surface area contributed by atoms with Gasteiger partial charge in [-0.05, 0) is 63.3 Å². The number of nitrogens with zero attached hydrogens (tertiary/aromatic N) is 3. The standard InChI is InChI=1S/C23H29F3N4O4/c1-16-21(33-22(31)28-29-12-4-2-5-13-29)27-20(30(16)15-19-7-3-6-14-32-19)17-8-10-18(11-9-17)34-23(24,25)26/h8-11,19H,2-7,12-15H2,1H3,(H,28,31). The van der Waals surface area contributed by atoms with Crippen LogP contribution in [0, 0.1) is 6.92 Å². The number of hydrazine groups is 1. The van der Waals surface area contributed by atoms with Gasteiger partial charge in [0, 0.05) is 25.3 Å². The lowest BCUT2D eigenvalue weighted by atomic mass is 10.1. The second-order valence-electron chi connectivity index (χ2n) is 8.55. The first-order chi connectivity index (χ1) is 16.3. The van der Waals surface area contributed by atoms with Crippen LogP contribution in [0.25, 0.3) is 11.4 Å². The van der Waals surface area contributed by atoms with Gasteiger partial charge in [-0.25, -0.2) is 9.80 Å². The second kappa shape index (κ2) is 10.6. The molecule has 1 N–H and O–H groups in total. The number of nitrogens with one attached hydrogen (secondary N) is 1. The van der Waals surface area contributed by atoms with Crippen molar-refractivity contribution in [3.8, 4) is 23.0 Å². The topological polar surface area (TPSA) is 77.9 Å². The Morgan fingerprint density at radius 3 is 2.53 bits per heavy atom. The van der Waals surface area contributed by atoms with Gasteiger partial charge in [0.15, 0.2) is 0 Å². The third kappa shape index (κ3) is 6.41. The maximum absolute atomic E-state index is 12.5. The van der Waals surface area contributed by atoms with Crippen molar-refractivity contribution in [2.45, 2.75) is 64.5 Å². The van der Waals surface area contributed by atoms with Crippen molar-refractivity contribution < 1.29 is 32.2 Å². The first kappa shape index (κ1) is 24.3. The Labute approximate surface area is 196 Å². The van der Waals surface area contributed by atoms with Crippen LogP contribution in [0.4, 0.5) is 18.0 Å². The van der Waals surface area contributed by atoms with Crippen LogP contribution in [0.3, 0.4) is 0 Å². The molecule has 11 heteroatoms. The van der Waals surface area contributed by atoms with Crippen LogP contribution in [0.2, 0.25) is 0 Å². The van der Waals surface area contributed by atoms with E-state index in [0.717, 1.165) is 51.6 Å². The highest BCUT2D eigenvalue weighted by molar-refractivity contribution is 5.70. The van der Waals surface area contributed by atoms with E-state index in [4.69, 9.17) is 9.47 Å². The molecule has 0 spiro atoms. The highest BCUT2D eigenvalue weighted by atomic mass is 19.4. The quantitative estimate of drug-likeness (QED) is 0.637. The van der Waals surface area contributed by atoms with E-state index in [1.54, 1.807) is 6.92 Å². The number of hydrogen-bond donors (Lipinski definition) is 1. The number of halogens is 3. The molecule has 34 heavy (non-hydrogen) atoms. The van der Waals surface area contributed by atoms with E-state index in [1.165, 1.54) is 24.3 Å². The van der Waals surface area contributed by atoms with Gasteiger partial charge in [0.2, 0.25) is 5.88 Å². The summed E-state index contributed by atoms with van der Waals surface area (Å²) < 4.78 is 54.8. The summed E-state index contributed by atoms with van der Waals surface area (Å²) in [6.45, 7) is 4.49. The van der Waals surface area contributed by atoms with Crippen LogP contribution in [0.5, 0.6) is 11.6 Å². The van der Waals surface area contributed by atoms with E-state index in [9.17, 15) is 18.0 Å². The van der Waals surface area contributed by atoms with Crippen molar-refractivity contribution in [3.63, 3.8) is 0 Å². The fourth-order valence-electron chi connectivity index (χ4n) is 4.26. The van der Waals surface area contributed by atoms with Gasteiger partial charge in [-0.3, -0.25) is 5.43 Å². The van der Waals surface area contributed by atoms with Gasteiger partial charge in [-0.1, -0.05) is 6.42 Å². The summed E-state index contributed by atoms with van der Waals surface area (Å²) in [5.41, 5.74) is 3.95. The highest BCUT2D eigenvalue weighted by Gasteiger charge is 2.31. The normalized spacial score (nSPS) is 19.6. The fraction of sp³-hybridized carbons (Fsp3) is 0.565. The molecule has 0 bridgehead atoms. The molecule has 1 aromatic carbocycles. The van der Waals surface area contributed by atoms with Gasteiger partial charge in [0.25, 0.3) is 0 Å². The van der Waals surface area contributed by atoms with E-state index in [-0.39, 0.29) is 17.7 Å². The molecule has 2 aliphatic heterocycles. The van der Waals surface area contributed by atoms with Gasteiger partial charge in [-0.2, -0.15) is 4.98 Å². The fourth-order valence-corrected chi connectivity index (χ4v) is 4.26. The zero-order chi connectivity index (χ0) is 24.1. The first-order valence-corrected chi connectivity index (χ1v) is 11.6. The van der Waals surface area contributed by atoms with Crippen molar-refractivity contribution in [1.29, 1.82) is 0 Å². The van der Waals surface area contributed by atoms with Crippen LogP contribution in [0.15, 0.2) is 24.3 Å². The van der Waals surface area contributed by atoms with Crippen LogP contribution in [-0.2, 0) is 11.3 Å². The number of benzene rings is 1. The molecule has 1 amide bonds. The minimum Gasteiger partial charge on any atom is -0.406 e. The van der Waals surface area contributed by atoms with Gasteiger partial charge < -0.3 is 18.8 Å². The molecule has 1 unspecified atom stereocenters. The maximum atomic E-state index is 12.5. The number of imidazole rings is 1. The number of hydrogen-bond acceptors (Lipinski definition) is 6. The number of aromatic nitrogens is 2. The Bertz CT molecular complexity index is 966. The lowest BCUT2D eigenvalue weighted by Gasteiger charge is -2.26. The second-order valence-corrected chi connectivity index (χ2v) is 8.55. The van der Waals surface area contributed by atoms with E-state index in [0.29, 0.717) is 30.2 Å². The van der Waals surface area contributed by atoms with E-state index in [2.05, 4.69) is 15.1 Å². The molecule has 1 aromatic heterocycles. The number of amides is 1. The van der Waals surface area contributed by atoms with E-state index < -0.39 is 12.5 Å². The summed E-state index contributed by atoms with van der Waals surface area (Å²) in [7, 11) is 0. The van der Waals surface area contributed by atoms with Crippen molar-refractivity contribution in [3.05, 3.63) is 30.0 Å². The highest BCUT2D eigenvalue weighted by Crippen LogP contribution is 2.31. The van der Waals surface area contributed by atoms with Crippen LogP contribution >= 0.6 is 0 Å². The van der Waals surface area contributed by atoms with Crippen LogP contribution in [-0.4, -0.2) is 52.8 Å². The van der Waals surface area contributed by atoms with E-state index >= 15 is 0 Å². The third-order valence-electron chi connectivity index (χ3n) is 5.98. The molecular formula is C23H29F3N4O4. The molecule has 2 aliphatic rings. The van der Waals surface area contributed by atoms with E-state index in [1.807, 2.05) is 9.58 Å². The summed E-state index contributed by atoms with van der Waals surface area (Å²) in [5.74, 6) is 0.306. The van der Waals surface area contributed by atoms with Gasteiger partial charge in [0.1, 0.15) is 11.6 Å². The number of ether oxygens (including phenoxy) is 3. The molecule has 0 radical (unpaired) electrons. The molecule has 8 nitrogen and oxygen atoms in total. The van der Waals surface area contributed by atoms with Crippen molar-refractivity contribution >= 4 is 6.09 Å². The minimum absolute atomic E-state index is 0.0248. The van der Waals surface area contributed by atoms with Crippen LogP contribution in [0.1, 0.15) is 44.2 Å². The molecule has 2 fully saturated rings. The SMILES string of the molecule is Cc1c(OC(=O)NN2CCCCC2)nc(-c2ccc(OC(F)(F)F)cc2)n1CC1CCCCO1. The monoisotopic (exact) mass is 482 g/mol. The number of piperidine rings is 1. The Hall–Kier alpha value is -2.79. The van der Waals surface area contributed by atoms with Gasteiger partial charge >= 0.3 is 12.5 Å². The molecule has 2 saturated heterocycles. The molecule has 1 atom stereocenters. The summed E-state index contributed by atoms with van der Waals surface area (Å²) >= 11 is 0. The Morgan fingerprint density at radius 2 is 1.88 bits per heavy atom. The zero-order valence-corrected chi connectivity index (χ0v) is 19.1. The maximum Gasteiger partial charge on any atom is 0.573 e. The molecule has 3 heterocycles. The van der Waals surface area contributed by atoms with Gasteiger partial charge in [-0.15, -0.1) is 13.2 Å². The van der Waals surface area contributed by atoms with Crippen molar-refractivity contribution in [1.82, 2.24) is 20.0 Å². The summed E-state index contributed by atoms with van der Waals surface area (Å²) in [6, 6.07) is 5.47. The third-order valence-corrected chi connectivity index (χ3v) is 5.98. The Kier molecular flexibility index (Phi) is 7.62. The van der Waals surface area contributed by atoms with Crippen molar-refractivity contribution in [2.24, 2.45) is 0 Å². The predicted molar refractivity (Wildman–Crippen MR) is 117 cm³/mol. The number of carbonyl (C=O) groups excluding carboxylic acids is 1. The zero-order valence-electron chi connectivity index (χ0n) is 19.1. The Balaban J connectivity index is 1.56. The Morgan fingerprint density at radius 1 is 1.15 bits per heavy atom. The average Bonchev–Trinajstić information content (AvgIpc) is 3.09. The number of carbonyl (C=O) groups is 1. The molecular weight excluding hydrogens is 453 g/mol. The number of rotatable bonds is 6. The molecule has 0 saturated carbocycles. The molecule has 4 rings (SSSR count). The smallest absolute Gasteiger partial charge is 0.406 e.